The van der Waals surface area contributed by atoms with E-state index in [0.29, 0.717) is 5.82 Å². The van der Waals surface area contributed by atoms with Crippen LogP contribution < -0.4 is 3.58 Å². The van der Waals surface area contributed by atoms with Crippen molar-refractivity contribution >= 4 is 22.0 Å². The van der Waals surface area contributed by atoms with Gasteiger partial charge >= 0.3 is 106 Å². The molecule has 0 aliphatic carbocycles. The van der Waals surface area contributed by atoms with E-state index in [1.165, 1.54) is 15.5 Å². The van der Waals surface area contributed by atoms with Gasteiger partial charge in [0, 0.05) is 0 Å². The van der Waals surface area contributed by atoms with Crippen molar-refractivity contribution in [1.29, 1.82) is 0 Å². The number of aryl methyl sites for hydroxylation is 1. The van der Waals surface area contributed by atoms with Crippen LogP contribution in [0.5, 0.6) is 0 Å². The molecule has 0 atom stereocenters. The van der Waals surface area contributed by atoms with Crippen LogP contribution in [0.1, 0.15) is 5.56 Å². The van der Waals surface area contributed by atoms with E-state index in [1.54, 1.807) is 0 Å². The van der Waals surface area contributed by atoms with Crippen LogP contribution in [-0.2, 0) is 0 Å². The molecule has 2 rings (SSSR count). The van der Waals surface area contributed by atoms with Crippen molar-refractivity contribution in [2.75, 3.05) is 0 Å². The van der Waals surface area contributed by atoms with Gasteiger partial charge in [0.2, 0.25) is 0 Å². The SMILES string of the molecule is Cc1cc[c]([Sn]([CH3])([CH3])[CH3])cc1-c1nncnn1. The number of benzene rings is 1. The van der Waals surface area contributed by atoms with Gasteiger partial charge in [-0.15, -0.1) is 0 Å². The molecule has 4 nitrogen and oxygen atoms in total. The van der Waals surface area contributed by atoms with Crippen molar-refractivity contribution in [2.45, 2.75) is 21.7 Å². The summed E-state index contributed by atoms with van der Waals surface area (Å²) in [7, 11) is 0. The van der Waals surface area contributed by atoms with E-state index in [0.717, 1.165) is 5.56 Å². The van der Waals surface area contributed by atoms with Gasteiger partial charge in [0.25, 0.3) is 0 Å². The Morgan fingerprint density at radius 2 is 1.65 bits per heavy atom. The minimum absolute atomic E-state index is 0.613. The summed E-state index contributed by atoms with van der Waals surface area (Å²) in [5.41, 5.74) is 2.22. The summed E-state index contributed by atoms with van der Waals surface area (Å²) < 4.78 is 1.47. The zero-order valence-electron chi connectivity index (χ0n) is 10.6. The van der Waals surface area contributed by atoms with Crippen molar-refractivity contribution in [1.82, 2.24) is 20.4 Å². The molecule has 0 radical (unpaired) electrons. The quantitative estimate of drug-likeness (QED) is 0.786. The zero-order chi connectivity index (χ0) is 12.5. The Kier molecular flexibility index (Phi) is 3.42. The molecule has 0 amide bonds. The Balaban J connectivity index is 2.55. The summed E-state index contributed by atoms with van der Waals surface area (Å²) >= 11 is -2.05. The van der Waals surface area contributed by atoms with Crippen LogP contribution in [0.3, 0.4) is 0 Å². The number of hydrogen-bond donors (Lipinski definition) is 0. The van der Waals surface area contributed by atoms with Crippen molar-refractivity contribution in [3.8, 4) is 11.4 Å². The van der Waals surface area contributed by atoms with Crippen LogP contribution in [-0.4, -0.2) is 38.8 Å². The first-order valence-electron chi connectivity index (χ1n) is 5.60. The van der Waals surface area contributed by atoms with Crippen LogP contribution in [0.25, 0.3) is 11.4 Å². The van der Waals surface area contributed by atoms with E-state index in [9.17, 15) is 0 Å². The fraction of sp³-hybridized carbons (Fsp3) is 0.333. The van der Waals surface area contributed by atoms with Crippen LogP contribution in [0, 0.1) is 6.92 Å². The molecule has 1 aromatic carbocycles. The second-order valence-electron chi connectivity index (χ2n) is 5.15. The van der Waals surface area contributed by atoms with E-state index in [4.69, 9.17) is 0 Å². The molecule has 0 spiro atoms. The Hall–Kier alpha value is -1.04. The minimum atomic E-state index is -2.05. The fourth-order valence-corrected chi connectivity index (χ4v) is 4.95. The number of hydrogen-bond acceptors (Lipinski definition) is 4. The van der Waals surface area contributed by atoms with Gasteiger partial charge in [-0.3, -0.25) is 0 Å². The average Bonchev–Trinajstić information content (AvgIpc) is 2.29. The summed E-state index contributed by atoms with van der Waals surface area (Å²) in [5.74, 6) is 0.613. The summed E-state index contributed by atoms with van der Waals surface area (Å²) in [5, 5.41) is 15.6. The molecule has 88 valence electrons. The Labute approximate surface area is 105 Å². The standard InChI is InChI=1S/C9H7N4.3CH3.Sn/c1-7-4-2-3-5-8(7)9-12-10-6-11-13-9;;;;/h2,4-6H,1H3;3*1H3;. The second-order valence-corrected chi connectivity index (χ2v) is 19.6. The molecule has 2 aromatic rings. The van der Waals surface area contributed by atoms with Gasteiger partial charge in [-0.1, -0.05) is 0 Å². The van der Waals surface area contributed by atoms with Gasteiger partial charge in [0.1, 0.15) is 0 Å². The number of nitrogens with zero attached hydrogens (tertiary/aromatic N) is 4. The first kappa shape index (κ1) is 12.4. The monoisotopic (exact) mass is 336 g/mol. The molecule has 0 aliphatic rings. The van der Waals surface area contributed by atoms with Crippen molar-refractivity contribution in [3.05, 3.63) is 30.1 Å². The molecule has 1 aromatic heterocycles. The summed E-state index contributed by atoms with van der Waals surface area (Å²) in [6.07, 6.45) is 1.35. The molecule has 0 saturated carbocycles. The molecular weight excluding hydrogens is 319 g/mol. The second kappa shape index (κ2) is 4.68. The van der Waals surface area contributed by atoms with E-state index >= 15 is 0 Å². The Bertz CT molecular complexity index is 520. The first-order valence-corrected chi connectivity index (χ1v) is 15.6. The molecule has 5 heteroatoms. The van der Waals surface area contributed by atoms with Crippen molar-refractivity contribution in [3.63, 3.8) is 0 Å². The van der Waals surface area contributed by atoms with Crippen LogP contribution in [0.2, 0.25) is 14.8 Å². The van der Waals surface area contributed by atoms with Crippen molar-refractivity contribution in [2.24, 2.45) is 0 Å². The third-order valence-electron chi connectivity index (χ3n) is 2.75. The first-order chi connectivity index (χ1) is 7.98. The molecule has 1 heterocycles. The van der Waals surface area contributed by atoms with E-state index in [2.05, 4.69) is 60.3 Å². The van der Waals surface area contributed by atoms with Gasteiger partial charge in [-0.05, 0) is 0 Å². The zero-order valence-corrected chi connectivity index (χ0v) is 13.5. The van der Waals surface area contributed by atoms with Gasteiger partial charge < -0.3 is 0 Å². The topological polar surface area (TPSA) is 51.6 Å². The van der Waals surface area contributed by atoms with E-state index in [-0.39, 0.29) is 0 Å². The molecule has 0 aliphatic heterocycles. The van der Waals surface area contributed by atoms with E-state index < -0.39 is 18.4 Å². The Morgan fingerprint density at radius 1 is 1.00 bits per heavy atom. The van der Waals surface area contributed by atoms with Crippen LogP contribution in [0.4, 0.5) is 0 Å². The molecule has 0 saturated heterocycles. The third kappa shape index (κ3) is 2.80. The summed E-state index contributed by atoms with van der Waals surface area (Å²) in [6.45, 7) is 2.06. The number of aromatic nitrogens is 4. The predicted molar refractivity (Wildman–Crippen MR) is 70.8 cm³/mol. The normalized spacial score (nSPS) is 11.5. The van der Waals surface area contributed by atoms with E-state index in [1.807, 2.05) is 0 Å². The van der Waals surface area contributed by atoms with Gasteiger partial charge in [0.05, 0.1) is 0 Å². The molecule has 0 unspecified atom stereocenters. The average molecular weight is 335 g/mol. The maximum absolute atomic E-state index is 4.03. The maximum atomic E-state index is 4.03. The Morgan fingerprint density at radius 3 is 2.24 bits per heavy atom. The van der Waals surface area contributed by atoms with Gasteiger partial charge in [-0.2, -0.15) is 0 Å². The fourth-order valence-electron chi connectivity index (χ4n) is 1.64. The number of rotatable bonds is 2. The van der Waals surface area contributed by atoms with Crippen LogP contribution in [0.15, 0.2) is 24.5 Å². The predicted octanol–water partition coefficient (Wildman–Crippen LogP) is 1.79. The van der Waals surface area contributed by atoms with Crippen molar-refractivity contribution < 1.29 is 0 Å². The molecule has 0 fully saturated rings. The molecule has 17 heavy (non-hydrogen) atoms. The summed E-state index contributed by atoms with van der Waals surface area (Å²) in [4.78, 5) is 7.18. The molecule has 0 N–H and O–H groups in total. The summed E-state index contributed by atoms with van der Waals surface area (Å²) in [6, 6.07) is 6.59. The molecule has 0 bridgehead atoms. The van der Waals surface area contributed by atoms with Crippen LogP contribution >= 0.6 is 0 Å². The third-order valence-corrected chi connectivity index (χ3v) is 8.58. The molecular formula is C12H16N4Sn. The van der Waals surface area contributed by atoms with Gasteiger partial charge in [-0.25, -0.2) is 0 Å². The van der Waals surface area contributed by atoms with Gasteiger partial charge in [0.15, 0.2) is 0 Å².